The minimum Gasteiger partial charge on any atom is -0.465 e. The number of aromatic nitrogens is 1. The van der Waals surface area contributed by atoms with Crippen molar-refractivity contribution < 1.29 is 9.53 Å². The van der Waals surface area contributed by atoms with E-state index in [-0.39, 0.29) is 5.97 Å². The second kappa shape index (κ2) is 5.60. The van der Waals surface area contributed by atoms with E-state index < -0.39 is 0 Å². The first-order chi connectivity index (χ1) is 8.26. The number of carbonyl (C=O) groups excluding carboxylic acids is 1. The Labute approximate surface area is 105 Å². The fourth-order valence-corrected chi connectivity index (χ4v) is 3.21. The zero-order chi connectivity index (χ0) is 12.3. The number of thiazole rings is 1. The number of carbonyl (C=O) groups is 1. The SMILES string of the molecule is CCCc1nc(C2CCCN2)sc1C(=O)OC. The van der Waals surface area contributed by atoms with E-state index in [4.69, 9.17) is 4.74 Å². The van der Waals surface area contributed by atoms with Crippen molar-refractivity contribution in [2.45, 2.75) is 38.6 Å². The van der Waals surface area contributed by atoms with Crippen molar-refractivity contribution in [3.05, 3.63) is 15.6 Å². The van der Waals surface area contributed by atoms with Crippen molar-refractivity contribution >= 4 is 17.3 Å². The van der Waals surface area contributed by atoms with Crippen LogP contribution in [-0.2, 0) is 11.2 Å². The van der Waals surface area contributed by atoms with Crippen LogP contribution >= 0.6 is 11.3 Å². The predicted molar refractivity (Wildman–Crippen MR) is 67.4 cm³/mol. The van der Waals surface area contributed by atoms with Crippen LogP contribution in [0.1, 0.15) is 52.6 Å². The van der Waals surface area contributed by atoms with E-state index in [0.717, 1.165) is 36.5 Å². The molecule has 0 radical (unpaired) electrons. The van der Waals surface area contributed by atoms with Gasteiger partial charge >= 0.3 is 5.97 Å². The normalized spacial score (nSPS) is 19.5. The van der Waals surface area contributed by atoms with E-state index in [1.165, 1.54) is 24.9 Å². The Hall–Kier alpha value is -0.940. The van der Waals surface area contributed by atoms with Gasteiger partial charge in [-0.05, 0) is 25.8 Å². The number of nitrogens with zero attached hydrogens (tertiary/aromatic N) is 1. The standard InChI is InChI=1S/C12H18N2O2S/c1-3-5-8-10(12(15)16-2)17-11(14-8)9-6-4-7-13-9/h9,13H,3-7H2,1-2H3. The first-order valence-electron chi connectivity index (χ1n) is 6.07. The van der Waals surface area contributed by atoms with E-state index in [2.05, 4.69) is 17.2 Å². The molecule has 1 saturated heterocycles. The largest absolute Gasteiger partial charge is 0.465 e. The van der Waals surface area contributed by atoms with Gasteiger partial charge < -0.3 is 10.1 Å². The molecule has 1 atom stereocenters. The van der Waals surface area contributed by atoms with E-state index in [1.807, 2.05) is 0 Å². The molecule has 0 spiro atoms. The molecule has 0 bridgehead atoms. The Kier molecular flexibility index (Phi) is 4.12. The van der Waals surface area contributed by atoms with Gasteiger partial charge in [0.25, 0.3) is 0 Å². The third-order valence-corrected chi connectivity index (χ3v) is 4.12. The minimum atomic E-state index is -0.254. The summed E-state index contributed by atoms with van der Waals surface area (Å²) in [6.07, 6.45) is 4.12. The van der Waals surface area contributed by atoms with Crippen LogP contribution in [0.5, 0.6) is 0 Å². The summed E-state index contributed by atoms with van der Waals surface area (Å²) in [5.74, 6) is -0.254. The molecule has 5 heteroatoms. The highest BCUT2D eigenvalue weighted by Gasteiger charge is 2.24. The van der Waals surface area contributed by atoms with E-state index >= 15 is 0 Å². The van der Waals surface area contributed by atoms with Crippen molar-refractivity contribution in [3.8, 4) is 0 Å². The van der Waals surface area contributed by atoms with E-state index in [1.54, 1.807) is 0 Å². The quantitative estimate of drug-likeness (QED) is 0.838. The van der Waals surface area contributed by atoms with Crippen LogP contribution in [0, 0.1) is 0 Å². The van der Waals surface area contributed by atoms with Crippen molar-refractivity contribution in [3.63, 3.8) is 0 Å². The molecule has 1 aromatic heterocycles. The van der Waals surface area contributed by atoms with Crippen LogP contribution in [-0.4, -0.2) is 24.6 Å². The van der Waals surface area contributed by atoms with Crippen LogP contribution in [0.3, 0.4) is 0 Å². The van der Waals surface area contributed by atoms with Gasteiger partial charge in [-0.25, -0.2) is 9.78 Å². The van der Waals surface area contributed by atoms with Crippen molar-refractivity contribution in [2.24, 2.45) is 0 Å². The smallest absolute Gasteiger partial charge is 0.349 e. The molecule has 0 saturated carbocycles. The molecule has 1 aromatic rings. The van der Waals surface area contributed by atoms with E-state index in [0.29, 0.717) is 10.9 Å². The topological polar surface area (TPSA) is 51.2 Å². The number of aryl methyl sites for hydroxylation is 1. The zero-order valence-corrected chi connectivity index (χ0v) is 11.1. The summed E-state index contributed by atoms with van der Waals surface area (Å²) in [6, 6.07) is 0.328. The van der Waals surface area contributed by atoms with Gasteiger partial charge in [-0.1, -0.05) is 13.3 Å². The van der Waals surface area contributed by atoms with Crippen molar-refractivity contribution in [1.82, 2.24) is 10.3 Å². The first-order valence-corrected chi connectivity index (χ1v) is 6.89. The lowest BCUT2D eigenvalue weighted by Crippen LogP contribution is -2.12. The lowest BCUT2D eigenvalue weighted by molar-refractivity contribution is 0.0605. The van der Waals surface area contributed by atoms with Crippen molar-refractivity contribution in [1.29, 1.82) is 0 Å². The molecule has 0 amide bonds. The molecule has 1 fully saturated rings. The van der Waals surface area contributed by atoms with Gasteiger partial charge in [-0.2, -0.15) is 0 Å². The van der Waals surface area contributed by atoms with Crippen LogP contribution in [0.2, 0.25) is 0 Å². The molecule has 94 valence electrons. The average Bonchev–Trinajstić information content (AvgIpc) is 2.96. The fourth-order valence-electron chi connectivity index (χ4n) is 2.07. The molecule has 4 nitrogen and oxygen atoms in total. The van der Waals surface area contributed by atoms with Crippen LogP contribution in [0.25, 0.3) is 0 Å². The van der Waals surface area contributed by atoms with Crippen LogP contribution < -0.4 is 5.32 Å². The first kappa shape index (κ1) is 12.5. The highest BCUT2D eigenvalue weighted by Crippen LogP contribution is 2.30. The second-order valence-electron chi connectivity index (χ2n) is 4.22. The molecule has 0 aliphatic carbocycles. The monoisotopic (exact) mass is 254 g/mol. The summed E-state index contributed by atoms with van der Waals surface area (Å²) in [6.45, 7) is 3.13. The van der Waals surface area contributed by atoms with Gasteiger partial charge in [0.2, 0.25) is 0 Å². The van der Waals surface area contributed by atoms with Gasteiger partial charge in [0, 0.05) is 0 Å². The Bertz CT molecular complexity index is 397. The molecule has 2 heterocycles. The number of methoxy groups -OCH3 is 1. The summed E-state index contributed by atoms with van der Waals surface area (Å²) >= 11 is 1.48. The zero-order valence-electron chi connectivity index (χ0n) is 10.3. The lowest BCUT2D eigenvalue weighted by Gasteiger charge is -2.04. The van der Waals surface area contributed by atoms with Gasteiger partial charge in [-0.15, -0.1) is 11.3 Å². The van der Waals surface area contributed by atoms with Gasteiger partial charge in [0.05, 0.1) is 18.8 Å². The molecule has 1 aliphatic heterocycles. The molecule has 17 heavy (non-hydrogen) atoms. The Morgan fingerprint density at radius 2 is 2.47 bits per heavy atom. The molecule has 2 rings (SSSR count). The molecule has 0 aromatic carbocycles. The summed E-state index contributed by atoms with van der Waals surface area (Å²) < 4.78 is 4.81. The molecular formula is C12H18N2O2S. The number of nitrogens with one attached hydrogen (secondary N) is 1. The maximum atomic E-state index is 11.7. The summed E-state index contributed by atoms with van der Waals surface area (Å²) in [7, 11) is 1.42. The third-order valence-electron chi connectivity index (χ3n) is 2.93. The lowest BCUT2D eigenvalue weighted by atomic mass is 10.2. The minimum absolute atomic E-state index is 0.254. The highest BCUT2D eigenvalue weighted by atomic mass is 32.1. The van der Waals surface area contributed by atoms with Crippen LogP contribution in [0.4, 0.5) is 0 Å². The Balaban J connectivity index is 2.26. The van der Waals surface area contributed by atoms with Gasteiger partial charge in [-0.3, -0.25) is 0 Å². The van der Waals surface area contributed by atoms with Gasteiger partial charge in [0.15, 0.2) is 0 Å². The highest BCUT2D eigenvalue weighted by molar-refractivity contribution is 7.13. The summed E-state index contributed by atoms with van der Waals surface area (Å²) in [4.78, 5) is 16.9. The third kappa shape index (κ3) is 2.66. The Morgan fingerprint density at radius 1 is 1.65 bits per heavy atom. The van der Waals surface area contributed by atoms with E-state index in [9.17, 15) is 4.79 Å². The number of hydrogen-bond donors (Lipinski definition) is 1. The molecule has 1 unspecified atom stereocenters. The molecule has 1 aliphatic rings. The number of rotatable bonds is 4. The average molecular weight is 254 g/mol. The number of hydrogen-bond acceptors (Lipinski definition) is 5. The number of ether oxygens (including phenoxy) is 1. The maximum Gasteiger partial charge on any atom is 0.349 e. The fraction of sp³-hybridized carbons (Fsp3) is 0.667. The summed E-state index contributed by atoms with van der Waals surface area (Å²) in [5.41, 5.74) is 0.896. The Morgan fingerprint density at radius 3 is 3.06 bits per heavy atom. The number of esters is 1. The van der Waals surface area contributed by atoms with Crippen molar-refractivity contribution in [2.75, 3.05) is 13.7 Å². The molecule has 1 N–H and O–H groups in total. The summed E-state index contributed by atoms with van der Waals surface area (Å²) in [5, 5.41) is 4.44. The van der Waals surface area contributed by atoms with Crippen LogP contribution in [0.15, 0.2) is 0 Å². The maximum absolute atomic E-state index is 11.7. The predicted octanol–water partition coefficient (Wildman–Crippen LogP) is 2.31. The molecular weight excluding hydrogens is 236 g/mol. The van der Waals surface area contributed by atoms with Gasteiger partial charge in [0.1, 0.15) is 9.88 Å². The second-order valence-corrected chi connectivity index (χ2v) is 5.25.